The fourth-order valence-corrected chi connectivity index (χ4v) is 6.92. The van der Waals surface area contributed by atoms with E-state index in [0.29, 0.717) is 36.2 Å². The number of carbonyl (C=O) groups excluding carboxylic acids is 2. The normalized spacial score (nSPS) is 17.5. The van der Waals surface area contributed by atoms with Crippen LogP contribution in [0.4, 0.5) is 16.2 Å². The zero-order chi connectivity index (χ0) is 28.4. The van der Waals surface area contributed by atoms with Crippen LogP contribution in [0, 0.1) is 18.8 Å². The maximum absolute atomic E-state index is 13.1. The predicted molar refractivity (Wildman–Crippen MR) is 160 cm³/mol. The number of hydrogen-bond acceptors (Lipinski definition) is 4. The molecule has 0 saturated heterocycles. The van der Waals surface area contributed by atoms with E-state index in [2.05, 4.69) is 20.7 Å². The third-order valence-electron chi connectivity index (χ3n) is 8.22. The van der Waals surface area contributed by atoms with Crippen LogP contribution < -0.4 is 20.7 Å². The van der Waals surface area contributed by atoms with Crippen LogP contribution in [0.25, 0.3) is 0 Å². The van der Waals surface area contributed by atoms with E-state index < -0.39 is 22.1 Å². The second-order valence-corrected chi connectivity index (χ2v) is 13.2. The lowest BCUT2D eigenvalue weighted by Gasteiger charge is -2.27. The van der Waals surface area contributed by atoms with Gasteiger partial charge < -0.3 is 16.0 Å². The van der Waals surface area contributed by atoms with Gasteiger partial charge in [-0.15, -0.1) is 0 Å². The first kappa shape index (κ1) is 29.9. The van der Waals surface area contributed by atoms with Gasteiger partial charge in [0.1, 0.15) is 6.04 Å². The molecule has 4 N–H and O–H groups in total. The number of benzene rings is 2. The molecule has 218 valence electrons. The Kier molecular flexibility index (Phi) is 10.9. The number of carbonyl (C=O) groups is 2. The smallest absolute Gasteiger partial charge is 0.319 e. The van der Waals surface area contributed by atoms with Gasteiger partial charge in [-0.2, -0.15) is 0 Å². The average Bonchev–Trinajstić information content (AvgIpc) is 2.95. The summed E-state index contributed by atoms with van der Waals surface area (Å²) >= 11 is 0. The van der Waals surface area contributed by atoms with Crippen molar-refractivity contribution in [2.24, 2.45) is 11.8 Å². The van der Waals surface area contributed by atoms with E-state index in [1.54, 1.807) is 48.5 Å². The van der Waals surface area contributed by atoms with Gasteiger partial charge in [0.15, 0.2) is 0 Å². The third kappa shape index (κ3) is 9.25. The SMILES string of the molecule is Cc1ccc(S(=O)(=O)Nc2ccc(NC(=O)N[C@H](CC3CCCCC3)C(=O)NCCC3CCCCC3)cc2)cc1. The molecule has 0 unspecified atom stereocenters. The highest BCUT2D eigenvalue weighted by molar-refractivity contribution is 7.92. The maximum atomic E-state index is 13.1. The molecule has 4 rings (SSSR count). The summed E-state index contributed by atoms with van der Waals surface area (Å²) in [6, 6.07) is 12.0. The van der Waals surface area contributed by atoms with Crippen molar-refractivity contribution in [2.45, 2.75) is 94.9 Å². The summed E-state index contributed by atoms with van der Waals surface area (Å²) in [5.41, 5.74) is 1.87. The second kappa shape index (κ2) is 14.5. The summed E-state index contributed by atoms with van der Waals surface area (Å²) in [7, 11) is -3.71. The minimum Gasteiger partial charge on any atom is -0.354 e. The van der Waals surface area contributed by atoms with Gasteiger partial charge in [-0.25, -0.2) is 13.2 Å². The molecule has 0 aromatic heterocycles. The Labute approximate surface area is 239 Å². The number of anilines is 2. The predicted octanol–water partition coefficient (Wildman–Crippen LogP) is 6.34. The van der Waals surface area contributed by atoms with Crippen LogP contribution in [-0.4, -0.2) is 32.9 Å². The van der Waals surface area contributed by atoms with Crippen LogP contribution in [0.3, 0.4) is 0 Å². The monoisotopic (exact) mass is 568 g/mol. The van der Waals surface area contributed by atoms with Gasteiger partial charge >= 0.3 is 6.03 Å². The Bertz CT molecular complexity index is 1200. The number of urea groups is 1. The van der Waals surface area contributed by atoms with E-state index in [0.717, 1.165) is 24.8 Å². The average molecular weight is 569 g/mol. The Morgan fingerprint density at radius 1 is 0.800 bits per heavy atom. The molecule has 3 amide bonds. The van der Waals surface area contributed by atoms with Crippen molar-refractivity contribution in [3.05, 3.63) is 54.1 Å². The van der Waals surface area contributed by atoms with Gasteiger partial charge in [0.25, 0.3) is 10.0 Å². The Morgan fingerprint density at radius 3 is 2.00 bits per heavy atom. The zero-order valence-corrected chi connectivity index (χ0v) is 24.4. The lowest BCUT2D eigenvalue weighted by molar-refractivity contribution is -0.123. The molecule has 2 aliphatic rings. The Balaban J connectivity index is 1.31. The van der Waals surface area contributed by atoms with Crippen LogP contribution in [-0.2, 0) is 14.8 Å². The molecular weight excluding hydrogens is 524 g/mol. The van der Waals surface area contributed by atoms with Crippen molar-refractivity contribution in [1.29, 1.82) is 0 Å². The van der Waals surface area contributed by atoms with Crippen LogP contribution in [0.15, 0.2) is 53.4 Å². The number of rotatable bonds is 11. The van der Waals surface area contributed by atoms with Crippen LogP contribution in [0.1, 0.15) is 82.6 Å². The summed E-state index contributed by atoms with van der Waals surface area (Å²) in [4.78, 5) is 26.2. The lowest BCUT2D eigenvalue weighted by atomic mass is 9.84. The van der Waals surface area contributed by atoms with Crippen molar-refractivity contribution in [3.63, 3.8) is 0 Å². The number of aryl methyl sites for hydroxylation is 1. The number of hydrogen-bond donors (Lipinski definition) is 4. The first-order valence-electron chi connectivity index (χ1n) is 14.8. The minimum atomic E-state index is -3.71. The Hall–Kier alpha value is -3.07. The van der Waals surface area contributed by atoms with Gasteiger partial charge in [-0.3, -0.25) is 9.52 Å². The van der Waals surface area contributed by atoms with Gasteiger partial charge in [-0.1, -0.05) is 81.9 Å². The highest BCUT2D eigenvalue weighted by Crippen LogP contribution is 2.28. The minimum absolute atomic E-state index is 0.114. The molecule has 0 heterocycles. The topological polar surface area (TPSA) is 116 Å². The van der Waals surface area contributed by atoms with E-state index >= 15 is 0 Å². The summed E-state index contributed by atoms with van der Waals surface area (Å²) in [6.07, 6.45) is 13.8. The van der Waals surface area contributed by atoms with E-state index in [1.807, 2.05) is 6.92 Å². The number of amides is 3. The first-order chi connectivity index (χ1) is 19.3. The standard InChI is InChI=1S/C31H44N4O4S/c1-23-12-18-28(19-13-23)40(38,39)35-27-16-14-26(15-17-27)33-31(37)34-29(22-25-10-6-3-7-11-25)30(36)32-21-20-24-8-4-2-5-9-24/h12-19,24-25,29,35H,2-11,20-22H2,1H3,(H,32,36)(H2,33,34,37)/t29-/m1/s1. The van der Waals surface area contributed by atoms with Gasteiger partial charge in [0.2, 0.25) is 5.91 Å². The highest BCUT2D eigenvalue weighted by atomic mass is 32.2. The lowest BCUT2D eigenvalue weighted by Crippen LogP contribution is -2.49. The van der Waals surface area contributed by atoms with Crippen molar-refractivity contribution in [1.82, 2.24) is 10.6 Å². The van der Waals surface area contributed by atoms with E-state index in [4.69, 9.17) is 0 Å². The van der Waals surface area contributed by atoms with Crippen molar-refractivity contribution >= 4 is 33.3 Å². The molecule has 2 aromatic rings. The van der Waals surface area contributed by atoms with Gasteiger partial charge in [0, 0.05) is 17.9 Å². The molecule has 2 aliphatic carbocycles. The van der Waals surface area contributed by atoms with Gasteiger partial charge in [-0.05, 0) is 68.0 Å². The summed E-state index contributed by atoms with van der Waals surface area (Å²) < 4.78 is 27.9. The van der Waals surface area contributed by atoms with Gasteiger partial charge in [0.05, 0.1) is 4.90 Å². The largest absolute Gasteiger partial charge is 0.354 e. The summed E-state index contributed by atoms with van der Waals surface area (Å²) in [6.45, 7) is 2.54. The summed E-state index contributed by atoms with van der Waals surface area (Å²) in [5.74, 6) is 1.01. The fourth-order valence-electron chi connectivity index (χ4n) is 5.86. The van der Waals surface area contributed by atoms with E-state index in [-0.39, 0.29) is 10.8 Å². The van der Waals surface area contributed by atoms with Crippen LogP contribution in [0.2, 0.25) is 0 Å². The molecule has 1 atom stereocenters. The van der Waals surface area contributed by atoms with Crippen LogP contribution >= 0.6 is 0 Å². The van der Waals surface area contributed by atoms with Crippen molar-refractivity contribution in [3.8, 4) is 0 Å². The molecule has 2 saturated carbocycles. The molecule has 40 heavy (non-hydrogen) atoms. The maximum Gasteiger partial charge on any atom is 0.319 e. The van der Waals surface area contributed by atoms with Crippen molar-refractivity contribution in [2.75, 3.05) is 16.6 Å². The zero-order valence-electron chi connectivity index (χ0n) is 23.6. The Morgan fingerprint density at radius 2 is 1.38 bits per heavy atom. The molecule has 0 radical (unpaired) electrons. The molecule has 0 bridgehead atoms. The molecule has 9 heteroatoms. The second-order valence-electron chi connectivity index (χ2n) is 11.5. The van der Waals surface area contributed by atoms with Crippen molar-refractivity contribution < 1.29 is 18.0 Å². The molecule has 2 aromatic carbocycles. The van der Waals surface area contributed by atoms with E-state index in [1.165, 1.54) is 51.4 Å². The van der Waals surface area contributed by atoms with Crippen LogP contribution in [0.5, 0.6) is 0 Å². The molecule has 0 aliphatic heterocycles. The molecule has 0 spiro atoms. The number of nitrogens with one attached hydrogen (secondary N) is 4. The molecule has 8 nitrogen and oxygen atoms in total. The highest BCUT2D eigenvalue weighted by Gasteiger charge is 2.26. The quantitative estimate of drug-likeness (QED) is 0.253. The first-order valence-corrected chi connectivity index (χ1v) is 16.3. The molecular formula is C31H44N4O4S. The van der Waals surface area contributed by atoms with E-state index in [9.17, 15) is 18.0 Å². The third-order valence-corrected chi connectivity index (χ3v) is 9.62. The number of sulfonamides is 1. The molecule has 2 fully saturated rings. The fraction of sp³-hybridized carbons (Fsp3) is 0.548. The summed E-state index contributed by atoms with van der Waals surface area (Å²) in [5, 5.41) is 8.79.